The lowest BCUT2D eigenvalue weighted by molar-refractivity contribution is 0.241. The normalized spacial score (nSPS) is 22.9. The average molecular weight is 337 g/mol. The monoisotopic (exact) mass is 336 g/mol. The van der Waals surface area contributed by atoms with Crippen molar-refractivity contribution in [1.82, 2.24) is 9.62 Å². The second-order valence-electron chi connectivity index (χ2n) is 5.35. The summed E-state index contributed by atoms with van der Waals surface area (Å²) >= 11 is 7.58. The first-order valence-electron chi connectivity index (χ1n) is 6.77. The first-order valence-corrected chi connectivity index (χ1v) is 9.82. The Morgan fingerprint density at radius 1 is 1.55 bits per heavy atom. The molecule has 1 saturated heterocycles. The van der Waals surface area contributed by atoms with E-state index in [-0.39, 0.29) is 6.04 Å². The van der Waals surface area contributed by atoms with Gasteiger partial charge in [-0.15, -0.1) is 11.3 Å². The zero-order valence-corrected chi connectivity index (χ0v) is 14.2. The molecule has 1 aliphatic heterocycles. The van der Waals surface area contributed by atoms with E-state index in [2.05, 4.69) is 5.32 Å². The lowest BCUT2D eigenvalue weighted by Crippen LogP contribution is -2.40. The highest BCUT2D eigenvalue weighted by Gasteiger charge is 2.28. The van der Waals surface area contributed by atoms with Crippen LogP contribution in [0.5, 0.6) is 0 Å². The maximum absolute atomic E-state index is 11.7. The highest BCUT2D eigenvalue weighted by atomic mass is 35.5. The van der Waals surface area contributed by atoms with Crippen molar-refractivity contribution in [3.8, 4) is 0 Å². The standard InChI is InChI=1S/C13H21ClN2O2S2/c1-15-11(12-5-6-13(14)19-12)8-10-4-3-7-16(9-10)20(2,17)18/h5-6,10-11,15H,3-4,7-9H2,1-2H3. The zero-order chi connectivity index (χ0) is 14.8. The fraction of sp³-hybridized carbons (Fsp3) is 0.692. The Balaban J connectivity index is 2.01. The number of nitrogens with one attached hydrogen (secondary N) is 1. The number of nitrogens with zero attached hydrogens (tertiary/aromatic N) is 1. The second kappa shape index (κ2) is 6.75. The van der Waals surface area contributed by atoms with Gasteiger partial charge < -0.3 is 5.32 Å². The van der Waals surface area contributed by atoms with E-state index in [0.29, 0.717) is 19.0 Å². The molecule has 114 valence electrons. The molecule has 0 saturated carbocycles. The number of thiophene rings is 1. The third kappa shape index (κ3) is 4.18. The lowest BCUT2D eigenvalue weighted by atomic mass is 9.92. The molecule has 0 aromatic carbocycles. The van der Waals surface area contributed by atoms with Crippen molar-refractivity contribution in [1.29, 1.82) is 0 Å². The van der Waals surface area contributed by atoms with Crippen LogP contribution in [0, 0.1) is 5.92 Å². The fourth-order valence-corrected chi connectivity index (χ4v) is 4.87. The summed E-state index contributed by atoms with van der Waals surface area (Å²) < 4.78 is 25.7. The molecular weight excluding hydrogens is 316 g/mol. The molecule has 4 nitrogen and oxygen atoms in total. The first-order chi connectivity index (χ1) is 9.40. The van der Waals surface area contributed by atoms with E-state index in [0.717, 1.165) is 23.6 Å². The molecule has 20 heavy (non-hydrogen) atoms. The summed E-state index contributed by atoms with van der Waals surface area (Å²) in [6.45, 7) is 1.29. The Bertz CT molecular complexity index is 544. The van der Waals surface area contributed by atoms with Crippen molar-refractivity contribution in [2.24, 2.45) is 5.92 Å². The highest BCUT2D eigenvalue weighted by Crippen LogP contribution is 2.33. The van der Waals surface area contributed by atoms with Gasteiger partial charge in [-0.1, -0.05) is 11.6 Å². The van der Waals surface area contributed by atoms with Gasteiger partial charge in [-0.05, 0) is 44.4 Å². The number of hydrogen-bond donors (Lipinski definition) is 1. The van der Waals surface area contributed by atoms with Crippen LogP contribution in [-0.2, 0) is 10.0 Å². The molecule has 2 atom stereocenters. The molecule has 2 unspecified atom stereocenters. The first kappa shape index (κ1) is 16.2. The van der Waals surface area contributed by atoms with Crippen LogP contribution >= 0.6 is 22.9 Å². The minimum absolute atomic E-state index is 0.247. The summed E-state index contributed by atoms with van der Waals surface area (Å²) in [4.78, 5) is 1.22. The van der Waals surface area contributed by atoms with Crippen molar-refractivity contribution in [2.45, 2.75) is 25.3 Å². The number of piperidine rings is 1. The van der Waals surface area contributed by atoms with Crippen LogP contribution in [0.15, 0.2) is 12.1 Å². The summed E-state index contributed by atoms with van der Waals surface area (Å²) in [6, 6.07) is 4.21. The van der Waals surface area contributed by atoms with E-state index in [4.69, 9.17) is 11.6 Å². The van der Waals surface area contributed by atoms with Gasteiger partial charge in [0.2, 0.25) is 10.0 Å². The molecule has 1 fully saturated rings. The number of sulfonamides is 1. The van der Waals surface area contributed by atoms with Crippen LogP contribution in [0.25, 0.3) is 0 Å². The summed E-state index contributed by atoms with van der Waals surface area (Å²) in [6.07, 6.45) is 4.27. The number of rotatable bonds is 5. The Morgan fingerprint density at radius 3 is 2.85 bits per heavy atom. The van der Waals surface area contributed by atoms with Gasteiger partial charge in [0, 0.05) is 24.0 Å². The molecule has 0 bridgehead atoms. The lowest BCUT2D eigenvalue weighted by Gasteiger charge is -2.32. The molecule has 1 aromatic heterocycles. The van der Waals surface area contributed by atoms with Gasteiger partial charge in [0.25, 0.3) is 0 Å². The van der Waals surface area contributed by atoms with Gasteiger partial charge in [-0.3, -0.25) is 0 Å². The molecule has 0 aliphatic carbocycles. The van der Waals surface area contributed by atoms with Crippen molar-refractivity contribution < 1.29 is 8.42 Å². The minimum atomic E-state index is -3.07. The molecule has 2 heterocycles. The van der Waals surface area contributed by atoms with E-state index in [1.807, 2.05) is 19.2 Å². The predicted octanol–water partition coefficient (Wildman–Crippen LogP) is 2.72. The maximum atomic E-state index is 11.7. The van der Waals surface area contributed by atoms with Crippen molar-refractivity contribution in [3.05, 3.63) is 21.3 Å². The summed E-state index contributed by atoms with van der Waals surface area (Å²) in [5.41, 5.74) is 0. The Labute approximate surface area is 130 Å². The molecule has 2 rings (SSSR count). The Hall–Kier alpha value is -0.140. The Morgan fingerprint density at radius 2 is 2.30 bits per heavy atom. The van der Waals surface area contributed by atoms with Gasteiger partial charge in [-0.25, -0.2) is 12.7 Å². The molecule has 7 heteroatoms. The van der Waals surface area contributed by atoms with Crippen molar-refractivity contribution >= 4 is 33.0 Å². The van der Waals surface area contributed by atoms with Crippen LogP contribution in [0.2, 0.25) is 4.34 Å². The van der Waals surface area contributed by atoms with E-state index in [1.165, 1.54) is 11.1 Å². The van der Waals surface area contributed by atoms with Crippen LogP contribution in [0.4, 0.5) is 0 Å². The number of hydrogen-bond acceptors (Lipinski definition) is 4. The SMILES string of the molecule is CNC(CC1CCCN(S(C)(=O)=O)C1)c1ccc(Cl)s1. The summed E-state index contributed by atoms with van der Waals surface area (Å²) in [5, 5.41) is 3.32. The van der Waals surface area contributed by atoms with Crippen LogP contribution in [0.3, 0.4) is 0 Å². The van der Waals surface area contributed by atoms with E-state index in [1.54, 1.807) is 15.6 Å². The zero-order valence-electron chi connectivity index (χ0n) is 11.8. The third-order valence-electron chi connectivity index (χ3n) is 3.81. The largest absolute Gasteiger partial charge is 0.312 e. The van der Waals surface area contributed by atoms with Gasteiger partial charge in [0.05, 0.1) is 10.6 Å². The average Bonchev–Trinajstić information content (AvgIpc) is 2.82. The molecule has 0 radical (unpaired) electrons. The topological polar surface area (TPSA) is 49.4 Å². The van der Waals surface area contributed by atoms with E-state index < -0.39 is 10.0 Å². The van der Waals surface area contributed by atoms with Gasteiger partial charge >= 0.3 is 0 Å². The van der Waals surface area contributed by atoms with Gasteiger partial charge in [0.1, 0.15) is 0 Å². The fourth-order valence-electron chi connectivity index (χ4n) is 2.75. The van der Waals surface area contributed by atoms with Gasteiger partial charge in [-0.2, -0.15) is 0 Å². The molecule has 1 N–H and O–H groups in total. The second-order valence-corrected chi connectivity index (χ2v) is 9.08. The number of halogens is 1. The van der Waals surface area contributed by atoms with Gasteiger partial charge in [0.15, 0.2) is 0 Å². The molecule has 0 amide bonds. The van der Waals surface area contributed by atoms with Crippen molar-refractivity contribution in [3.63, 3.8) is 0 Å². The quantitative estimate of drug-likeness (QED) is 0.899. The molecular formula is C13H21ClN2O2S2. The van der Waals surface area contributed by atoms with Crippen LogP contribution < -0.4 is 5.32 Å². The predicted molar refractivity (Wildman–Crippen MR) is 84.9 cm³/mol. The van der Waals surface area contributed by atoms with Crippen LogP contribution in [0.1, 0.15) is 30.2 Å². The van der Waals surface area contributed by atoms with Crippen molar-refractivity contribution in [2.75, 3.05) is 26.4 Å². The summed E-state index contributed by atoms with van der Waals surface area (Å²) in [5.74, 6) is 0.400. The molecule has 1 aromatic rings. The highest BCUT2D eigenvalue weighted by molar-refractivity contribution is 7.88. The minimum Gasteiger partial charge on any atom is -0.312 e. The third-order valence-corrected chi connectivity index (χ3v) is 6.42. The van der Waals surface area contributed by atoms with E-state index >= 15 is 0 Å². The Kier molecular flexibility index (Phi) is 5.48. The smallest absolute Gasteiger partial charge is 0.211 e. The molecule has 0 spiro atoms. The van der Waals surface area contributed by atoms with Crippen LogP contribution in [-0.4, -0.2) is 39.1 Å². The van der Waals surface area contributed by atoms with E-state index in [9.17, 15) is 8.42 Å². The maximum Gasteiger partial charge on any atom is 0.211 e. The molecule has 1 aliphatic rings. The summed E-state index contributed by atoms with van der Waals surface area (Å²) in [7, 11) is -1.13.